The van der Waals surface area contributed by atoms with Crippen LogP contribution >= 0.6 is 11.6 Å². The summed E-state index contributed by atoms with van der Waals surface area (Å²) >= 11 is 5.91. The SMILES string of the molecule is CCCN1CCC(NC(=O)C(C)Oc2ccc(F)cc2Cl)CC1. The molecule has 0 spiro atoms. The number of halogens is 2. The topological polar surface area (TPSA) is 41.6 Å². The van der Waals surface area contributed by atoms with Gasteiger partial charge in [-0.2, -0.15) is 0 Å². The number of nitrogens with one attached hydrogen (secondary N) is 1. The molecule has 1 fully saturated rings. The van der Waals surface area contributed by atoms with Crippen LogP contribution in [0.1, 0.15) is 33.1 Å². The van der Waals surface area contributed by atoms with Crippen LogP contribution in [0.2, 0.25) is 5.02 Å². The summed E-state index contributed by atoms with van der Waals surface area (Å²) in [7, 11) is 0. The van der Waals surface area contributed by atoms with Gasteiger partial charge in [0, 0.05) is 19.1 Å². The average molecular weight is 343 g/mol. The summed E-state index contributed by atoms with van der Waals surface area (Å²) in [5.74, 6) is -0.286. The zero-order chi connectivity index (χ0) is 16.8. The largest absolute Gasteiger partial charge is 0.479 e. The lowest BCUT2D eigenvalue weighted by molar-refractivity contribution is -0.128. The van der Waals surface area contributed by atoms with Crippen LogP contribution in [0.5, 0.6) is 5.75 Å². The lowest BCUT2D eigenvalue weighted by atomic mass is 10.0. The van der Waals surface area contributed by atoms with Crippen molar-refractivity contribution in [3.63, 3.8) is 0 Å². The highest BCUT2D eigenvalue weighted by molar-refractivity contribution is 6.32. The van der Waals surface area contributed by atoms with Crippen molar-refractivity contribution in [2.45, 2.75) is 45.3 Å². The third-order valence-corrected chi connectivity index (χ3v) is 4.34. The first-order chi connectivity index (χ1) is 11.0. The number of hydrogen-bond donors (Lipinski definition) is 1. The summed E-state index contributed by atoms with van der Waals surface area (Å²) in [5, 5.41) is 3.19. The number of carbonyl (C=O) groups is 1. The van der Waals surface area contributed by atoms with Crippen LogP contribution in [0.15, 0.2) is 18.2 Å². The highest BCUT2D eigenvalue weighted by atomic mass is 35.5. The Morgan fingerprint density at radius 3 is 2.78 bits per heavy atom. The molecule has 1 aliphatic rings. The van der Waals surface area contributed by atoms with Gasteiger partial charge in [-0.15, -0.1) is 0 Å². The highest BCUT2D eigenvalue weighted by Gasteiger charge is 2.23. The molecular weight excluding hydrogens is 319 g/mol. The quantitative estimate of drug-likeness (QED) is 0.863. The lowest BCUT2D eigenvalue weighted by Crippen LogP contribution is -2.48. The van der Waals surface area contributed by atoms with Crippen LogP contribution in [0.3, 0.4) is 0 Å². The number of carbonyl (C=O) groups excluding carboxylic acids is 1. The van der Waals surface area contributed by atoms with Crippen molar-refractivity contribution < 1.29 is 13.9 Å². The summed E-state index contributed by atoms with van der Waals surface area (Å²) in [5.41, 5.74) is 0. The number of likely N-dealkylation sites (tertiary alicyclic amines) is 1. The minimum Gasteiger partial charge on any atom is -0.479 e. The maximum Gasteiger partial charge on any atom is 0.260 e. The fourth-order valence-electron chi connectivity index (χ4n) is 2.75. The molecule has 2 rings (SSSR count). The smallest absolute Gasteiger partial charge is 0.260 e. The second-order valence-electron chi connectivity index (χ2n) is 5.96. The van der Waals surface area contributed by atoms with Crippen molar-refractivity contribution in [1.29, 1.82) is 0 Å². The van der Waals surface area contributed by atoms with Crippen molar-refractivity contribution in [3.05, 3.63) is 29.0 Å². The average Bonchev–Trinajstić information content (AvgIpc) is 2.52. The van der Waals surface area contributed by atoms with E-state index in [0.29, 0.717) is 5.75 Å². The van der Waals surface area contributed by atoms with Crippen LogP contribution in [-0.2, 0) is 4.79 Å². The molecule has 1 amide bonds. The molecule has 1 atom stereocenters. The lowest BCUT2D eigenvalue weighted by Gasteiger charge is -2.32. The summed E-state index contributed by atoms with van der Waals surface area (Å²) in [6, 6.07) is 4.05. The Bertz CT molecular complexity index is 533. The number of hydrogen-bond acceptors (Lipinski definition) is 3. The zero-order valence-electron chi connectivity index (χ0n) is 13.6. The van der Waals surface area contributed by atoms with Gasteiger partial charge < -0.3 is 15.0 Å². The van der Waals surface area contributed by atoms with Crippen molar-refractivity contribution in [2.24, 2.45) is 0 Å². The van der Waals surface area contributed by atoms with E-state index < -0.39 is 11.9 Å². The van der Waals surface area contributed by atoms with Crippen molar-refractivity contribution in [2.75, 3.05) is 19.6 Å². The molecule has 0 aliphatic carbocycles. The number of benzene rings is 1. The molecule has 0 bridgehead atoms. The molecule has 23 heavy (non-hydrogen) atoms. The Morgan fingerprint density at radius 2 is 2.17 bits per heavy atom. The minimum absolute atomic E-state index is 0.164. The van der Waals surface area contributed by atoms with E-state index in [4.69, 9.17) is 16.3 Å². The molecule has 1 saturated heterocycles. The molecular formula is C17H24ClFN2O2. The second-order valence-corrected chi connectivity index (χ2v) is 6.37. The number of amides is 1. The van der Waals surface area contributed by atoms with Gasteiger partial charge in [-0.05, 0) is 50.9 Å². The first kappa shape index (κ1) is 18.0. The van der Waals surface area contributed by atoms with Crippen LogP contribution in [0, 0.1) is 5.82 Å². The summed E-state index contributed by atoms with van der Waals surface area (Å²) in [4.78, 5) is 14.7. The normalized spacial score (nSPS) is 17.7. The third-order valence-electron chi connectivity index (χ3n) is 4.04. The van der Waals surface area contributed by atoms with Gasteiger partial charge in [0.25, 0.3) is 5.91 Å². The molecule has 1 aliphatic heterocycles. The molecule has 1 unspecified atom stereocenters. The predicted octanol–water partition coefficient (Wildman–Crippen LogP) is 3.24. The van der Waals surface area contributed by atoms with E-state index in [1.807, 2.05) is 0 Å². The Labute approximate surface area is 141 Å². The van der Waals surface area contributed by atoms with Crippen molar-refractivity contribution in [3.8, 4) is 5.75 Å². The van der Waals surface area contributed by atoms with Crippen molar-refractivity contribution >= 4 is 17.5 Å². The van der Waals surface area contributed by atoms with Gasteiger partial charge in [0.15, 0.2) is 6.10 Å². The molecule has 0 saturated carbocycles. The van der Waals surface area contributed by atoms with Crippen LogP contribution in [0.25, 0.3) is 0 Å². The minimum atomic E-state index is -0.674. The number of piperidine rings is 1. The molecule has 1 aromatic rings. The zero-order valence-corrected chi connectivity index (χ0v) is 14.4. The van der Waals surface area contributed by atoms with E-state index in [9.17, 15) is 9.18 Å². The molecule has 1 N–H and O–H groups in total. The molecule has 6 heteroatoms. The number of nitrogens with zero attached hydrogens (tertiary/aromatic N) is 1. The van der Waals surface area contributed by atoms with E-state index in [0.717, 1.165) is 38.9 Å². The molecule has 4 nitrogen and oxygen atoms in total. The first-order valence-corrected chi connectivity index (χ1v) is 8.51. The summed E-state index contributed by atoms with van der Waals surface area (Å²) in [6.45, 7) is 6.98. The highest BCUT2D eigenvalue weighted by Crippen LogP contribution is 2.26. The number of rotatable bonds is 6. The van der Waals surface area contributed by atoms with E-state index in [2.05, 4.69) is 17.1 Å². The monoisotopic (exact) mass is 342 g/mol. The Hall–Kier alpha value is -1.33. The van der Waals surface area contributed by atoms with Crippen LogP contribution < -0.4 is 10.1 Å². The van der Waals surface area contributed by atoms with E-state index in [1.165, 1.54) is 18.2 Å². The van der Waals surface area contributed by atoms with E-state index in [1.54, 1.807) is 6.92 Å². The summed E-state index contributed by atoms with van der Waals surface area (Å²) in [6.07, 6.45) is 2.39. The van der Waals surface area contributed by atoms with Gasteiger partial charge in [-0.1, -0.05) is 18.5 Å². The maximum atomic E-state index is 13.0. The third kappa shape index (κ3) is 5.36. The Morgan fingerprint density at radius 1 is 1.48 bits per heavy atom. The van der Waals surface area contributed by atoms with Gasteiger partial charge in [-0.3, -0.25) is 4.79 Å². The van der Waals surface area contributed by atoms with Crippen LogP contribution in [-0.4, -0.2) is 42.6 Å². The van der Waals surface area contributed by atoms with Gasteiger partial charge in [0.05, 0.1) is 5.02 Å². The molecule has 0 radical (unpaired) electrons. The van der Waals surface area contributed by atoms with Gasteiger partial charge in [-0.25, -0.2) is 4.39 Å². The van der Waals surface area contributed by atoms with Crippen LogP contribution in [0.4, 0.5) is 4.39 Å². The van der Waals surface area contributed by atoms with Gasteiger partial charge in [0.1, 0.15) is 11.6 Å². The first-order valence-electron chi connectivity index (χ1n) is 8.14. The fraction of sp³-hybridized carbons (Fsp3) is 0.588. The summed E-state index contributed by atoms with van der Waals surface area (Å²) < 4.78 is 18.6. The molecule has 1 aromatic carbocycles. The standard InChI is InChI=1S/C17H24ClFN2O2/c1-3-8-21-9-6-14(7-10-21)20-17(22)12(2)23-16-5-4-13(19)11-15(16)18/h4-5,11-12,14H,3,6-10H2,1-2H3,(H,20,22). The fourth-order valence-corrected chi connectivity index (χ4v) is 2.96. The second kappa shape index (κ2) is 8.50. The number of ether oxygens (including phenoxy) is 1. The predicted molar refractivity (Wildman–Crippen MR) is 89.4 cm³/mol. The molecule has 1 heterocycles. The van der Waals surface area contributed by atoms with Gasteiger partial charge >= 0.3 is 0 Å². The molecule has 128 valence electrons. The van der Waals surface area contributed by atoms with Gasteiger partial charge in [0.2, 0.25) is 0 Å². The Balaban J connectivity index is 1.81. The van der Waals surface area contributed by atoms with E-state index in [-0.39, 0.29) is 17.0 Å². The Kier molecular flexibility index (Phi) is 6.66. The van der Waals surface area contributed by atoms with E-state index >= 15 is 0 Å². The van der Waals surface area contributed by atoms with Crippen molar-refractivity contribution in [1.82, 2.24) is 10.2 Å². The maximum absolute atomic E-state index is 13.0. The molecule has 0 aromatic heterocycles.